The van der Waals surface area contributed by atoms with Crippen molar-refractivity contribution < 1.29 is 72.1 Å². The fourth-order valence-corrected chi connectivity index (χ4v) is 2.22. The standard InChI is InChI=1S/C14H16F13NO3/c1-6(30)28-7(5-29)8(31)3-2-4-9(15,16)10(17,18)11(19,20)12(21,22)13(23,24)14(25,26)27/h7-8,29,31H,2-5H2,1H3,(H,28,30)/t7-,8+/m0/s1. The van der Waals surface area contributed by atoms with Gasteiger partial charge in [0.25, 0.3) is 0 Å². The number of alkyl halides is 13. The number of halogens is 13. The van der Waals surface area contributed by atoms with Crippen LogP contribution in [0.3, 0.4) is 0 Å². The van der Waals surface area contributed by atoms with Crippen LogP contribution in [-0.2, 0) is 4.79 Å². The van der Waals surface area contributed by atoms with Gasteiger partial charge in [0.1, 0.15) is 0 Å². The van der Waals surface area contributed by atoms with E-state index in [0.717, 1.165) is 6.92 Å². The van der Waals surface area contributed by atoms with Gasteiger partial charge in [0.15, 0.2) is 0 Å². The summed E-state index contributed by atoms with van der Waals surface area (Å²) in [6.07, 6.45) is -14.2. The van der Waals surface area contributed by atoms with E-state index in [4.69, 9.17) is 5.11 Å². The highest BCUT2D eigenvalue weighted by Crippen LogP contribution is 2.60. The van der Waals surface area contributed by atoms with Crippen molar-refractivity contribution in [1.29, 1.82) is 0 Å². The van der Waals surface area contributed by atoms with Gasteiger partial charge in [-0.3, -0.25) is 4.79 Å². The van der Waals surface area contributed by atoms with Gasteiger partial charge in [-0.25, -0.2) is 0 Å². The number of carbonyl (C=O) groups is 1. The number of hydrogen-bond donors (Lipinski definition) is 3. The SMILES string of the molecule is CC(=O)N[C@@H](CO)[C@H](O)CCCC(F)(F)C(F)(F)C(F)(F)C(F)(F)C(F)(F)C(F)(F)F. The van der Waals surface area contributed by atoms with Crippen LogP contribution in [0.4, 0.5) is 57.1 Å². The molecular formula is C14H16F13NO3. The predicted molar refractivity (Wildman–Crippen MR) is 75.3 cm³/mol. The molecule has 0 bridgehead atoms. The first-order valence-corrected chi connectivity index (χ1v) is 8.03. The summed E-state index contributed by atoms with van der Waals surface area (Å²) >= 11 is 0. The Morgan fingerprint density at radius 3 is 1.58 bits per heavy atom. The van der Waals surface area contributed by atoms with Gasteiger partial charge in [0, 0.05) is 13.3 Å². The second-order valence-corrected chi connectivity index (χ2v) is 6.45. The van der Waals surface area contributed by atoms with Crippen LogP contribution in [0.2, 0.25) is 0 Å². The zero-order valence-electron chi connectivity index (χ0n) is 15.2. The zero-order chi connectivity index (χ0) is 25.3. The molecule has 2 atom stereocenters. The fourth-order valence-electron chi connectivity index (χ4n) is 2.22. The van der Waals surface area contributed by atoms with E-state index in [1.807, 2.05) is 5.32 Å². The van der Waals surface area contributed by atoms with Crippen molar-refractivity contribution >= 4 is 5.91 Å². The summed E-state index contributed by atoms with van der Waals surface area (Å²) in [5.74, 6) is -38.1. The fraction of sp³-hybridized carbons (Fsp3) is 0.929. The lowest BCUT2D eigenvalue weighted by atomic mass is 9.91. The molecule has 0 radical (unpaired) electrons. The van der Waals surface area contributed by atoms with Crippen molar-refractivity contribution in [3.63, 3.8) is 0 Å². The third kappa shape index (κ3) is 5.46. The molecule has 1 amide bonds. The molecule has 0 aliphatic carbocycles. The van der Waals surface area contributed by atoms with Gasteiger partial charge in [-0.15, -0.1) is 0 Å². The van der Waals surface area contributed by atoms with Crippen LogP contribution in [0.15, 0.2) is 0 Å². The largest absolute Gasteiger partial charge is 0.460 e. The molecular weight excluding hydrogens is 477 g/mol. The summed E-state index contributed by atoms with van der Waals surface area (Å²) in [6, 6.07) is -1.53. The molecule has 17 heteroatoms. The summed E-state index contributed by atoms with van der Waals surface area (Å²) in [7, 11) is 0. The van der Waals surface area contributed by atoms with E-state index in [9.17, 15) is 67.0 Å². The molecule has 3 N–H and O–H groups in total. The third-order valence-electron chi connectivity index (χ3n) is 4.04. The van der Waals surface area contributed by atoms with Crippen LogP contribution in [0, 0.1) is 0 Å². The molecule has 0 unspecified atom stereocenters. The highest BCUT2D eigenvalue weighted by atomic mass is 19.4. The van der Waals surface area contributed by atoms with Gasteiger partial charge in [0.2, 0.25) is 5.91 Å². The number of carbonyl (C=O) groups excluding carboxylic acids is 1. The minimum absolute atomic E-state index is 0.845. The summed E-state index contributed by atoms with van der Waals surface area (Å²) in [4.78, 5) is 10.8. The summed E-state index contributed by atoms with van der Waals surface area (Å²) in [5.41, 5.74) is 0. The van der Waals surface area contributed by atoms with E-state index in [2.05, 4.69) is 0 Å². The quantitative estimate of drug-likeness (QED) is 0.384. The number of aliphatic hydroxyl groups is 2. The van der Waals surface area contributed by atoms with Crippen LogP contribution in [0.1, 0.15) is 26.2 Å². The minimum Gasteiger partial charge on any atom is -0.394 e. The lowest BCUT2D eigenvalue weighted by Crippen LogP contribution is -2.70. The smallest absolute Gasteiger partial charge is 0.394 e. The summed E-state index contributed by atoms with van der Waals surface area (Å²) in [5, 5.41) is 20.3. The number of rotatable bonds is 11. The van der Waals surface area contributed by atoms with Gasteiger partial charge in [-0.1, -0.05) is 0 Å². The molecule has 4 nitrogen and oxygen atoms in total. The number of aliphatic hydroxyl groups excluding tert-OH is 2. The maximum Gasteiger partial charge on any atom is 0.460 e. The molecule has 0 aliphatic heterocycles. The maximum absolute atomic E-state index is 13.6. The van der Waals surface area contributed by atoms with Crippen LogP contribution in [0.5, 0.6) is 0 Å². The molecule has 0 spiro atoms. The average Bonchev–Trinajstić information content (AvgIpc) is 2.57. The van der Waals surface area contributed by atoms with Gasteiger partial charge >= 0.3 is 35.8 Å². The van der Waals surface area contributed by atoms with E-state index >= 15 is 0 Å². The first-order chi connectivity index (χ1) is 13.5. The number of nitrogens with one attached hydrogen (secondary N) is 1. The molecule has 0 rings (SSSR count). The van der Waals surface area contributed by atoms with E-state index < -0.39 is 79.7 Å². The molecule has 0 heterocycles. The number of amides is 1. The van der Waals surface area contributed by atoms with E-state index in [-0.39, 0.29) is 0 Å². The van der Waals surface area contributed by atoms with Gasteiger partial charge in [0.05, 0.1) is 18.8 Å². The Balaban J connectivity index is 5.61. The molecule has 0 aliphatic rings. The normalized spacial score (nSPS) is 16.8. The molecule has 0 aromatic rings. The van der Waals surface area contributed by atoms with E-state index in [1.165, 1.54) is 0 Å². The molecule has 0 saturated carbocycles. The van der Waals surface area contributed by atoms with Gasteiger partial charge in [-0.05, 0) is 12.8 Å². The van der Waals surface area contributed by atoms with Crippen molar-refractivity contribution in [3.8, 4) is 0 Å². The number of hydrogen-bond acceptors (Lipinski definition) is 3. The Labute approximate surface area is 165 Å². The molecule has 31 heavy (non-hydrogen) atoms. The monoisotopic (exact) mass is 493 g/mol. The highest BCUT2D eigenvalue weighted by Gasteiger charge is 2.90. The van der Waals surface area contributed by atoms with E-state index in [0.29, 0.717) is 0 Å². The van der Waals surface area contributed by atoms with Crippen molar-refractivity contribution in [3.05, 3.63) is 0 Å². The molecule has 0 aromatic carbocycles. The predicted octanol–water partition coefficient (Wildman–Crippen LogP) is 3.75. The van der Waals surface area contributed by atoms with Crippen LogP contribution < -0.4 is 5.32 Å². The molecule has 0 aromatic heterocycles. The lowest BCUT2D eigenvalue weighted by molar-refractivity contribution is -0.440. The Hall–Kier alpha value is -1.52. The van der Waals surface area contributed by atoms with Crippen molar-refractivity contribution in [2.45, 2.75) is 74.1 Å². The summed E-state index contributed by atoms with van der Waals surface area (Å²) in [6.45, 7) is -0.104. The topological polar surface area (TPSA) is 69.6 Å². The second-order valence-electron chi connectivity index (χ2n) is 6.45. The summed E-state index contributed by atoms with van der Waals surface area (Å²) < 4.78 is 168. The van der Waals surface area contributed by atoms with Gasteiger partial charge < -0.3 is 15.5 Å². The lowest BCUT2D eigenvalue weighted by Gasteiger charge is -2.39. The Morgan fingerprint density at radius 2 is 1.23 bits per heavy atom. The minimum atomic E-state index is -7.96. The van der Waals surface area contributed by atoms with Gasteiger partial charge in [-0.2, -0.15) is 57.1 Å². The molecule has 0 fully saturated rings. The Bertz CT molecular complexity index is 621. The van der Waals surface area contributed by atoms with Crippen molar-refractivity contribution in [2.24, 2.45) is 0 Å². The Kier molecular flexibility index (Phi) is 8.70. The first-order valence-electron chi connectivity index (χ1n) is 8.03. The van der Waals surface area contributed by atoms with Crippen molar-refractivity contribution in [1.82, 2.24) is 5.32 Å². The highest BCUT2D eigenvalue weighted by molar-refractivity contribution is 5.73. The van der Waals surface area contributed by atoms with E-state index in [1.54, 1.807) is 0 Å². The Morgan fingerprint density at radius 1 is 0.806 bits per heavy atom. The average molecular weight is 493 g/mol. The third-order valence-corrected chi connectivity index (χ3v) is 4.04. The van der Waals surface area contributed by atoms with Crippen LogP contribution in [0.25, 0.3) is 0 Å². The van der Waals surface area contributed by atoms with Crippen LogP contribution in [-0.4, -0.2) is 70.7 Å². The zero-order valence-corrected chi connectivity index (χ0v) is 15.2. The molecule has 186 valence electrons. The first kappa shape index (κ1) is 29.5. The maximum atomic E-state index is 13.6. The van der Waals surface area contributed by atoms with Crippen molar-refractivity contribution in [2.75, 3.05) is 6.61 Å². The second kappa shape index (κ2) is 9.15. The van der Waals surface area contributed by atoms with Crippen LogP contribution >= 0.6 is 0 Å². The molecule has 0 saturated heterocycles.